The zero-order chi connectivity index (χ0) is 15.0. The lowest BCUT2D eigenvalue weighted by Gasteiger charge is -2.18. The summed E-state index contributed by atoms with van der Waals surface area (Å²) in [5.41, 5.74) is 1.27. The van der Waals surface area contributed by atoms with Crippen LogP contribution in [-0.2, 0) is 13.6 Å². The van der Waals surface area contributed by atoms with Gasteiger partial charge in [0.2, 0.25) is 0 Å². The molecular weight excluding hydrogens is 375 g/mol. The highest BCUT2D eigenvalue weighted by Gasteiger charge is 2.06. The Morgan fingerprint density at radius 1 is 1.29 bits per heavy atom. The van der Waals surface area contributed by atoms with Crippen LogP contribution in [0.4, 0.5) is 0 Å². The topological polar surface area (TPSA) is 41.4 Å². The van der Waals surface area contributed by atoms with Crippen molar-refractivity contribution in [2.45, 2.75) is 52.6 Å². The van der Waals surface area contributed by atoms with Gasteiger partial charge in [0.25, 0.3) is 0 Å². The van der Waals surface area contributed by atoms with E-state index in [0.717, 1.165) is 18.4 Å². The van der Waals surface area contributed by atoms with Gasteiger partial charge >= 0.3 is 0 Å². The fraction of sp³-hybridized carbons (Fsp3) is 0.688. The average Bonchev–Trinajstić information content (AvgIpc) is 2.79. The van der Waals surface area contributed by atoms with Crippen molar-refractivity contribution in [3.63, 3.8) is 0 Å². The molecule has 1 heterocycles. The van der Waals surface area contributed by atoms with Crippen LogP contribution in [0.15, 0.2) is 23.5 Å². The van der Waals surface area contributed by atoms with Crippen LogP contribution in [0.25, 0.3) is 0 Å². The number of halogens is 1. The van der Waals surface area contributed by atoms with E-state index in [1.165, 1.54) is 24.8 Å². The Labute approximate surface area is 146 Å². The van der Waals surface area contributed by atoms with E-state index < -0.39 is 0 Å². The molecule has 2 N–H and O–H groups in total. The quantitative estimate of drug-likeness (QED) is 0.413. The summed E-state index contributed by atoms with van der Waals surface area (Å²) in [5, 5.41) is 6.80. The highest BCUT2D eigenvalue weighted by Crippen LogP contribution is 2.08. The van der Waals surface area contributed by atoms with Gasteiger partial charge in [-0.05, 0) is 30.9 Å². The summed E-state index contributed by atoms with van der Waals surface area (Å²) in [6.07, 6.45) is 7.92. The monoisotopic (exact) mass is 406 g/mol. The first kappa shape index (κ1) is 20.3. The van der Waals surface area contributed by atoms with Gasteiger partial charge in [0.05, 0.1) is 0 Å². The Morgan fingerprint density at radius 2 is 2.00 bits per heavy atom. The van der Waals surface area contributed by atoms with Crippen molar-refractivity contribution in [1.29, 1.82) is 0 Å². The molecule has 0 spiro atoms. The number of guanidine groups is 1. The number of rotatable bonds is 7. The Bertz CT molecular complexity index is 412. The highest BCUT2D eigenvalue weighted by atomic mass is 127. The van der Waals surface area contributed by atoms with Crippen LogP contribution in [0, 0.1) is 5.92 Å². The molecule has 0 bridgehead atoms. The fourth-order valence-corrected chi connectivity index (χ4v) is 2.18. The Balaban J connectivity index is 0.00000400. The molecule has 0 saturated heterocycles. The van der Waals surface area contributed by atoms with Crippen molar-refractivity contribution in [3.8, 4) is 0 Å². The summed E-state index contributed by atoms with van der Waals surface area (Å²) in [6, 6.07) is 2.57. The van der Waals surface area contributed by atoms with Gasteiger partial charge in [0.1, 0.15) is 0 Å². The lowest BCUT2D eigenvalue weighted by atomic mass is 10.0. The second-order valence-electron chi connectivity index (χ2n) is 5.98. The van der Waals surface area contributed by atoms with Crippen molar-refractivity contribution >= 4 is 29.9 Å². The van der Waals surface area contributed by atoms with Crippen LogP contribution in [0.5, 0.6) is 0 Å². The number of hydrogen-bond acceptors (Lipinski definition) is 1. The summed E-state index contributed by atoms with van der Waals surface area (Å²) in [7, 11) is 3.86. The smallest absolute Gasteiger partial charge is 0.191 e. The second kappa shape index (κ2) is 10.9. The third kappa shape index (κ3) is 9.01. The van der Waals surface area contributed by atoms with Gasteiger partial charge in [-0.15, -0.1) is 24.0 Å². The van der Waals surface area contributed by atoms with E-state index in [9.17, 15) is 0 Å². The minimum Gasteiger partial charge on any atom is -0.357 e. The van der Waals surface area contributed by atoms with E-state index in [4.69, 9.17) is 0 Å². The van der Waals surface area contributed by atoms with Crippen molar-refractivity contribution in [3.05, 3.63) is 24.0 Å². The third-order valence-electron chi connectivity index (χ3n) is 3.38. The molecule has 1 aromatic rings. The second-order valence-corrected chi connectivity index (χ2v) is 5.98. The number of hydrogen-bond donors (Lipinski definition) is 2. The summed E-state index contributed by atoms with van der Waals surface area (Å²) >= 11 is 0. The van der Waals surface area contributed by atoms with Crippen LogP contribution in [0.3, 0.4) is 0 Å². The van der Waals surface area contributed by atoms with E-state index in [-0.39, 0.29) is 24.0 Å². The van der Waals surface area contributed by atoms with Crippen molar-refractivity contribution in [1.82, 2.24) is 15.2 Å². The molecule has 0 saturated carbocycles. The van der Waals surface area contributed by atoms with Gasteiger partial charge in [-0.2, -0.15) is 0 Å². The molecule has 0 aliphatic carbocycles. The molecular formula is C16H31IN4. The number of aliphatic imine (C=N–C) groups is 1. The molecule has 0 aliphatic heterocycles. The van der Waals surface area contributed by atoms with Crippen LogP contribution in [0.2, 0.25) is 0 Å². The number of nitrogens with zero attached hydrogens (tertiary/aromatic N) is 2. The maximum absolute atomic E-state index is 4.28. The first-order chi connectivity index (χ1) is 9.51. The van der Waals surface area contributed by atoms with Gasteiger partial charge in [0, 0.05) is 39.1 Å². The molecule has 1 rings (SSSR count). The first-order valence-corrected chi connectivity index (χ1v) is 7.59. The molecule has 21 heavy (non-hydrogen) atoms. The molecule has 5 heteroatoms. The van der Waals surface area contributed by atoms with Crippen molar-refractivity contribution < 1.29 is 0 Å². The zero-order valence-corrected chi connectivity index (χ0v) is 16.3. The fourth-order valence-electron chi connectivity index (χ4n) is 2.18. The van der Waals surface area contributed by atoms with E-state index in [1.54, 1.807) is 0 Å². The molecule has 0 fully saturated rings. The lowest BCUT2D eigenvalue weighted by Crippen LogP contribution is -2.41. The lowest BCUT2D eigenvalue weighted by molar-refractivity contribution is 0.491. The number of nitrogens with one attached hydrogen (secondary N) is 2. The van der Waals surface area contributed by atoms with Crippen LogP contribution >= 0.6 is 24.0 Å². The highest BCUT2D eigenvalue weighted by molar-refractivity contribution is 14.0. The Kier molecular flexibility index (Phi) is 10.6. The summed E-state index contributed by atoms with van der Waals surface area (Å²) < 4.78 is 2.06. The van der Waals surface area contributed by atoms with Gasteiger partial charge in [-0.3, -0.25) is 4.99 Å². The van der Waals surface area contributed by atoms with Crippen LogP contribution in [0.1, 0.15) is 45.6 Å². The van der Waals surface area contributed by atoms with Gasteiger partial charge in [-0.1, -0.05) is 26.7 Å². The SMILES string of the molecule is CN=C(NCc1ccn(C)c1)NC(C)CCCC(C)C.I. The predicted molar refractivity (Wildman–Crippen MR) is 102 cm³/mol. The molecule has 0 aliphatic rings. The van der Waals surface area contributed by atoms with E-state index in [2.05, 4.69) is 59.4 Å². The Hall–Kier alpha value is -0.720. The van der Waals surface area contributed by atoms with E-state index in [1.807, 2.05) is 14.1 Å². The zero-order valence-electron chi connectivity index (χ0n) is 14.0. The van der Waals surface area contributed by atoms with Crippen molar-refractivity contribution in [2.24, 2.45) is 18.0 Å². The number of aryl methyl sites for hydroxylation is 1. The van der Waals surface area contributed by atoms with Gasteiger partial charge in [-0.25, -0.2) is 0 Å². The first-order valence-electron chi connectivity index (χ1n) is 7.59. The number of aromatic nitrogens is 1. The van der Waals surface area contributed by atoms with Gasteiger partial charge < -0.3 is 15.2 Å². The Morgan fingerprint density at radius 3 is 2.52 bits per heavy atom. The van der Waals surface area contributed by atoms with Crippen LogP contribution in [-0.4, -0.2) is 23.6 Å². The molecule has 1 unspecified atom stereocenters. The minimum absolute atomic E-state index is 0. The minimum atomic E-state index is 0. The van der Waals surface area contributed by atoms with E-state index in [0.29, 0.717) is 6.04 Å². The average molecular weight is 406 g/mol. The summed E-state index contributed by atoms with van der Waals surface area (Å²) in [5.74, 6) is 1.67. The predicted octanol–water partition coefficient (Wildman–Crippen LogP) is 3.52. The van der Waals surface area contributed by atoms with Crippen molar-refractivity contribution in [2.75, 3.05) is 7.05 Å². The molecule has 1 aromatic heterocycles. The molecule has 1 atom stereocenters. The molecule has 0 radical (unpaired) electrons. The standard InChI is InChI=1S/C16H30N4.HI/c1-13(2)7-6-8-14(3)19-16(17-4)18-11-15-9-10-20(5)12-15;/h9-10,12-14H,6-8,11H2,1-5H3,(H2,17,18,19);1H. The summed E-state index contributed by atoms with van der Waals surface area (Å²) in [6.45, 7) is 7.58. The van der Waals surface area contributed by atoms with Crippen LogP contribution < -0.4 is 10.6 Å². The maximum Gasteiger partial charge on any atom is 0.191 e. The molecule has 0 aromatic carbocycles. The normalized spacial score (nSPS) is 13.0. The molecule has 4 nitrogen and oxygen atoms in total. The van der Waals surface area contributed by atoms with E-state index >= 15 is 0 Å². The third-order valence-corrected chi connectivity index (χ3v) is 3.38. The van der Waals surface area contributed by atoms with Gasteiger partial charge in [0.15, 0.2) is 5.96 Å². The maximum atomic E-state index is 4.28. The largest absolute Gasteiger partial charge is 0.357 e. The molecule has 0 amide bonds. The molecule has 122 valence electrons. The summed E-state index contributed by atoms with van der Waals surface area (Å²) in [4.78, 5) is 4.28.